The predicted octanol–water partition coefficient (Wildman–Crippen LogP) is 2.48. The fourth-order valence-electron chi connectivity index (χ4n) is 2.11. The number of aliphatic hydroxyl groups excluding tert-OH is 1. The summed E-state index contributed by atoms with van der Waals surface area (Å²) in [6.45, 7) is 6.63. The Bertz CT molecular complexity index is 403. The molecule has 1 aromatic carbocycles. The summed E-state index contributed by atoms with van der Waals surface area (Å²) in [6, 6.07) is 8.40. The Kier molecular flexibility index (Phi) is 6.69. The second-order valence-electron chi connectivity index (χ2n) is 5.27. The summed E-state index contributed by atoms with van der Waals surface area (Å²) in [5.41, 5.74) is 1.18. The lowest BCUT2D eigenvalue weighted by Crippen LogP contribution is -2.36. The number of rotatable bonds is 7. The second kappa shape index (κ2) is 7.78. The van der Waals surface area contributed by atoms with Crippen LogP contribution in [0.5, 0.6) is 0 Å². The SMILES string of the molecule is CC(NC(CCO)C(C)C)c1ccc(S(C)=O)cc1. The van der Waals surface area contributed by atoms with Crippen LogP contribution in [0.15, 0.2) is 29.2 Å². The van der Waals surface area contributed by atoms with Gasteiger partial charge in [0.15, 0.2) is 0 Å². The van der Waals surface area contributed by atoms with E-state index in [9.17, 15) is 4.21 Å². The molecule has 0 spiro atoms. The number of hydrogen-bond acceptors (Lipinski definition) is 3. The Morgan fingerprint density at radius 3 is 2.21 bits per heavy atom. The van der Waals surface area contributed by atoms with Crippen molar-refractivity contribution in [1.82, 2.24) is 5.32 Å². The van der Waals surface area contributed by atoms with Crippen molar-refractivity contribution >= 4 is 10.8 Å². The topological polar surface area (TPSA) is 49.3 Å². The van der Waals surface area contributed by atoms with Crippen LogP contribution in [0.1, 0.15) is 38.8 Å². The Balaban J connectivity index is 2.71. The Labute approximate surface area is 118 Å². The predicted molar refractivity (Wildman–Crippen MR) is 80.7 cm³/mol. The molecule has 0 saturated carbocycles. The minimum atomic E-state index is -0.925. The van der Waals surface area contributed by atoms with E-state index in [2.05, 4.69) is 26.1 Å². The van der Waals surface area contributed by atoms with Crippen molar-refractivity contribution in [3.63, 3.8) is 0 Å². The van der Waals surface area contributed by atoms with E-state index in [0.29, 0.717) is 12.0 Å². The van der Waals surface area contributed by atoms with E-state index < -0.39 is 10.8 Å². The molecule has 4 heteroatoms. The number of hydrogen-bond donors (Lipinski definition) is 2. The highest BCUT2D eigenvalue weighted by molar-refractivity contribution is 7.84. The van der Waals surface area contributed by atoms with Gasteiger partial charge in [-0.3, -0.25) is 4.21 Å². The summed E-state index contributed by atoms with van der Waals surface area (Å²) in [6.07, 6.45) is 2.45. The van der Waals surface area contributed by atoms with Gasteiger partial charge in [0, 0.05) is 40.6 Å². The molecule has 3 atom stereocenters. The maximum absolute atomic E-state index is 11.3. The molecule has 0 aliphatic carbocycles. The van der Waals surface area contributed by atoms with Crippen molar-refractivity contribution in [1.29, 1.82) is 0 Å². The maximum atomic E-state index is 11.3. The van der Waals surface area contributed by atoms with Gasteiger partial charge in [0.2, 0.25) is 0 Å². The highest BCUT2D eigenvalue weighted by Gasteiger charge is 2.16. The second-order valence-corrected chi connectivity index (χ2v) is 6.65. The first-order valence-corrected chi connectivity index (χ1v) is 8.31. The molecule has 0 heterocycles. The lowest BCUT2D eigenvalue weighted by molar-refractivity contribution is 0.237. The van der Waals surface area contributed by atoms with E-state index in [0.717, 1.165) is 11.3 Å². The smallest absolute Gasteiger partial charge is 0.0498 e. The molecule has 3 nitrogen and oxygen atoms in total. The van der Waals surface area contributed by atoms with Gasteiger partial charge in [-0.1, -0.05) is 26.0 Å². The minimum absolute atomic E-state index is 0.205. The van der Waals surface area contributed by atoms with Gasteiger partial charge in [-0.2, -0.15) is 0 Å². The molecule has 0 aromatic heterocycles. The van der Waals surface area contributed by atoms with Crippen LogP contribution in [0.25, 0.3) is 0 Å². The quantitative estimate of drug-likeness (QED) is 0.808. The minimum Gasteiger partial charge on any atom is -0.396 e. The number of benzene rings is 1. The monoisotopic (exact) mass is 283 g/mol. The molecular weight excluding hydrogens is 258 g/mol. The van der Waals surface area contributed by atoms with Crippen molar-refractivity contribution < 1.29 is 9.32 Å². The average Bonchev–Trinajstić information content (AvgIpc) is 2.38. The average molecular weight is 283 g/mol. The van der Waals surface area contributed by atoms with Crippen LogP contribution in [-0.4, -0.2) is 28.2 Å². The van der Waals surface area contributed by atoms with Gasteiger partial charge < -0.3 is 10.4 Å². The lowest BCUT2D eigenvalue weighted by atomic mass is 9.99. The van der Waals surface area contributed by atoms with Crippen molar-refractivity contribution in [3.8, 4) is 0 Å². The summed E-state index contributed by atoms with van der Waals surface area (Å²) in [7, 11) is -0.925. The Morgan fingerprint density at radius 1 is 1.21 bits per heavy atom. The molecule has 0 bridgehead atoms. The van der Waals surface area contributed by atoms with Crippen LogP contribution in [0, 0.1) is 5.92 Å². The van der Waals surface area contributed by atoms with E-state index in [4.69, 9.17) is 5.11 Å². The molecule has 0 aliphatic heterocycles. The summed E-state index contributed by atoms with van der Waals surface area (Å²) < 4.78 is 11.3. The van der Waals surface area contributed by atoms with E-state index >= 15 is 0 Å². The van der Waals surface area contributed by atoms with Gasteiger partial charge in [0.05, 0.1) is 0 Å². The molecule has 0 aliphatic rings. The van der Waals surface area contributed by atoms with Gasteiger partial charge >= 0.3 is 0 Å². The number of aliphatic hydroxyl groups is 1. The van der Waals surface area contributed by atoms with Crippen LogP contribution in [0.2, 0.25) is 0 Å². The molecule has 108 valence electrons. The van der Waals surface area contributed by atoms with E-state index in [1.807, 2.05) is 24.3 Å². The van der Waals surface area contributed by atoms with Crippen molar-refractivity contribution in [2.24, 2.45) is 5.92 Å². The van der Waals surface area contributed by atoms with Crippen molar-refractivity contribution in [2.75, 3.05) is 12.9 Å². The van der Waals surface area contributed by atoms with Gasteiger partial charge in [-0.05, 0) is 37.0 Å². The van der Waals surface area contributed by atoms with Crippen LogP contribution in [0.3, 0.4) is 0 Å². The first kappa shape index (κ1) is 16.3. The molecule has 0 radical (unpaired) electrons. The molecule has 0 saturated heterocycles. The van der Waals surface area contributed by atoms with Crippen molar-refractivity contribution in [2.45, 2.75) is 44.2 Å². The lowest BCUT2D eigenvalue weighted by Gasteiger charge is -2.26. The van der Waals surface area contributed by atoms with Gasteiger partial charge in [0.25, 0.3) is 0 Å². The molecule has 3 unspecified atom stereocenters. The zero-order valence-corrected chi connectivity index (χ0v) is 13.0. The van der Waals surface area contributed by atoms with Gasteiger partial charge in [0.1, 0.15) is 0 Å². The standard InChI is InChI=1S/C15H25NO2S/c1-11(2)15(9-10-17)16-12(3)13-5-7-14(8-6-13)19(4)18/h5-8,11-12,15-17H,9-10H2,1-4H3. The van der Waals surface area contributed by atoms with Crippen LogP contribution < -0.4 is 5.32 Å². The normalized spacial score (nSPS) is 16.3. The molecule has 19 heavy (non-hydrogen) atoms. The molecule has 0 fully saturated rings. The summed E-state index contributed by atoms with van der Waals surface area (Å²) in [5.74, 6) is 0.483. The fourth-order valence-corrected chi connectivity index (χ4v) is 2.63. The van der Waals surface area contributed by atoms with Gasteiger partial charge in [-0.25, -0.2) is 0 Å². The van der Waals surface area contributed by atoms with Crippen LogP contribution >= 0.6 is 0 Å². The van der Waals surface area contributed by atoms with Crippen LogP contribution in [-0.2, 0) is 10.8 Å². The highest BCUT2D eigenvalue weighted by atomic mass is 32.2. The third-order valence-corrected chi connectivity index (χ3v) is 4.36. The summed E-state index contributed by atoms with van der Waals surface area (Å²) in [5, 5.41) is 12.6. The summed E-state index contributed by atoms with van der Waals surface area (Å²) in [4.78, 5) is 0.853. The van der Waals surface area contributed by atoms with Crippen molar-refractivity contribution in [3.05, 3.63) is 29.8 Å². The zero-order chi connectivity index (χ0) is 14.4. The first-order chi connectivity index (χ1) is 8.95. The molecular formula is C15H25NO2S. The van der Waals surface area contributed by atoms with Crippen LogP contribution in [0.4, 0.5) is 0 Å². The fraction of sp³-hybridized carbons (Fsp3) is 0.600. The maximum Gasteiger partial charge on any atom is 0.0498 e. The molecule has 2 N–H and O–H groups in total. The highest BCUT2D eigenvalue weighted by Crippen LogP contribution is 2.18. The Hall–Kier alpha value is -0.710. The Morgan fingerprint density at radius 2 is 1.79 bits per heavy atom. The van der Waals surface area contributed by atoms with E-state index in [1.54, 1.807) is 6.26 Å². The third-order valence-electron chi connectivity index (χ3n) is 3.42. The summed E-state index contributed by atoms with van der Waals surface area (Å²) >= 11 is 0. The van der Waals surface area contributed by atoms with E-state index in [1.165, 1.54) is 5.56 Å². The molecule has 1 rings (SSSR count). The van der Waals surface area contributed by atoms with Gasteiger partial charge in [-0.15, -0.1) is 0 Å². The largest absolute Gasteiger partial charge is 0.396 e. The van der Waals surface area contributed by atoms with E-state index in [-0.39, 0.29) is 12.6 Å². The first-order valence-electron chi connectivity index (χ1n) is 6.76. The zero-order valence-electron chi connectivity index (χ0n) is 12.2. The third kappa shape index (κ3) is 5.05. The molecule has 1 aromatic rings. The number of nitrogens with one attached hydrogen (secondary N) is 1. The molecule has 0 amide bonds.